The van der Waals surface area contributed by atoms with Crippen LogP contribution in [0.3, 0.4) is 0 Å². The second-order valence-corrected chi connectivity index (χ2v) is 8.32. The molecule has 3 fully saturated rings. The van der Waals surface area contributed by atoms with Crippen LogP contribution in [0.1, 0.15) is 12.8 Å². The minimum Gasteiger partial charge on any atom is -0.289 e. The summed E-state index contributed by atoms with van der Waals surface area (Å²) in [5.74, 6) is -0.776. The van der Waals surface area contributed by atoms with Gasteiger partial charge in [-0.25, -0.2) is 9.80 Å². The molecule has 3 saturated heterocycles. The van der Waals surface area contributed by atoms with E-state index in [0.717, 1.165) is 0 Å². The average molecular weight is 432 g/mol. The average Bonchev–Trinajstić information content (AvgIpc) is 3.29. The van der Waals surface area contributed by atoms with Gasteiger partial charge < -0.3 is 0 Å². The number of hydrogen-bond donors (Lipinski definition) is 0. The number of carbonyl (C=O) groups is 4. The number of anilines is 2. The molecule has 0 N–H and O–H groups in total. The molecule has 32 heavy (non-hydrogen) atoms. The van der Waals surface area contributed by atoms with Crippen LogP contribution in [0.2, 0.25) is 0 Å². The summed E-state index contributed by atoms with van der Waals surface area (Å²) in [6.07, 6.45) is 0.326. The fourth-order valence-electron chi connectivity index (χ4n) is 4.86. The van der Waals surface area contributed by atoms with Crippen LogP contribution < -0.4 is 9.80 Å². The van der Waals surface area contributed by atoms with Gasteiger partial charge in [-0.2, -0.15) is 0 Å². The Morgan fingerprint density at radius 3 is 1.22 bits per heavy atom. The summed E-state index contributed by atoms with van der Waals surface area (Å²) in [5.41, 5.74) is 1.19. The lowest BCUT2D eigenvalue weighted by Gasteiger charge is -2.38. The minimum absolute atomic E-state index is 0.163. The molecule has 2 unspecified atom stereocenters. The Morgan fingerprint density at radius 2 is 0.875 bits per heavy atom. The minimum atomic E-state index is -0.480. The van der Waals surface area contributed by atoms with Crippen molar-refractivity contribution in [2.75, 3.05) is 36.0 Å². The first-order valence-electron chi connectivity index (χ1n) is 10.9. The number of piperazine rings is 1. The van der Waals surface area contributed by atoms with Crippen LogP contribution in [0.25, 0.3) is 0 Å². The van der Waals surface area contributed by atoms with E-state index in [9.17, 15) is 19.2 Å². The summed E-state index contributed by atoms with van der Waals surface area (Å²) in [7, 11) is 0. The van der Waals surface area contributed by atoms with Crippen molar-refractivity contribution in [3.8, 4) is 0 Å². The van der Waals surface area contributed by atoms with Crippen molar-refractivity contribution in [1.29, 1.82) is 0 Å². The number of carbonyl (C=O) groups excluding carboxylic acids is 4. The molecule has 8 heteroatoms. The first kappa shape index (κ1) is 20.5. The third-order valence-corrected chi connectivity index (χ3v) is 6.50. The molecule has 0 aliphatic carbocycles. The van der Waals surface area contributed by atoms with E-state index in [1.165, 1.54) is 9.80 Å². The van der Waals surface area contributed by atoms with E-state index in [2.05, 4.69) is 0 Å². The van der Waals surface area contributed by atoms with E-state index >= 15 is 0 Å². The third kappa shape index (κ3) is 3.51. The molecule has 2 aromatic rings. The molecule has 3 aliphatic heterocycles. The van der Waals surface area contributed by atoms with E-state index in [1.807, 2.05) is 21.9 Å². The zero-order valence-electron chi connectivity index (χ0n) is 17.6. The molecule has 0 radical (unpaired) electrons. The molecule has 2 aromatic carbocycles. The normalized spacial score (nSPS) is 25.2. The maximum atomic E-state index is 13.0. The predicted molar refractivity (Wildman–Crippen MR) is 118 cm³/mol. The molecule has 0 aromatic heterocycles. The molecule has 5 rings (SSSR count). The largest absolute Gasteiger partial charge is 0.289 e. The second-order valence-electron chi connectivity index (χ2n) is 8.32. The summed E-state index contributed by atoms with van der Waals surface area (Å²) in [6.45, 7) is 2.26. The Morgan fingerprint density at radius 1 is 0.531 bits per heavy atom. The van der Waals surface area contributed by atoms with Crippen LogP contribution in [0.4, 0.5) is 11.4 Å². The number of para-hydroxylation sites is 2. The highest BCUT2D eigenvalue weighted by atomic mass is 16.2. The Balaban J connectivity index is 1.23. The summed E-state index contributed by atoms with van der Waals surface area (Å²) in [5, 5.41) is 0. The Hall–Kier alpha value is -3.36. The molecule has 0 saturated carbocycles. The Bertz CT molecular complexity index is 965. The van der Waals surface area contributed by atoms with Crippen LogP contribution in [0, 0.1) is 0 Å². The van der Waals surface area contributed by atoms with Crippen LogP contribution in [0.15, 0.2) is 60.7 Å². The van der Waals surface area contributed by atoms with E-state index in [1.54, 1.807) is 48.5 Å². The molecule has 3 heterocycles. The summed E-state index contributed by atoms with van der Waals surface area (Å²) >= 11 is 0. The van der Waals surface area contributed by atoms with E-state index in [0.29, 0.717) is 37.6 Å². The maximum absolute atomic E-state index is 13.0. The number of imide groups is 2. The summed E-state index contributed by atoms with van der Waals surface area (Å²) in [4.78, 5) is 57.7. The van der Waals surface area contributed by atoms with Crippen molar-refractivity contribution in [3.05, 3.63) is 60.7 Å². The number of nitrogens with zero attached hydrogens (tertiary/aromatic N) is 4. The van der Waals surface area contributed by atoms with Crippen LogP contribution >= 0.6 is 0 Å². The molecule has 4 amide bonds. The topological polar surface area (TPSA) is 81.2 Å². The Kier molecular flexibility index (Phi) is 5.32. The third-order valence-electron chi connectivity index (χ3n) is 6.50. The predicted octanol–water partition coefficient (Wildman–Crippen LogP) is 1.27. The lowest BCUT2D eigenvalue weighted by Crippen LogP contribution is -2.56. The van der Waals surface area contributed by atoms with Gasteiger partial charge in [-0.1, -0.05) is 36.4 Å². The van der Waals surface area contributed by atoms with E-state index < -0.39 is 12.1 Å². The van der Waals surface area contributed by atoms with Gasteiger partial charge in [-0.05, 0) is 24.3 Å². The van der Waals surface area contributed by atoms with E-state index in [-0.39, 0.29) is 36.5 Å². The first-order chi connectivity index (χ1) is 15.5. The van der Waals surface area contributed by atoms with E-state index in [4.69, 9.17) is 0 Å². The summed E-state index contributed by atoms with van der Waals surface area (Å²) < 4.78 is 0. The van der Waals surface area contributed by atoms with Gasteiger partial charge in [0.2, 0.25) is 11.8 Å². The quantitative estimate of drug-likeness (QED) is 0.677. The Labute approximate surface area is 186 Å². The van der Waals surface area contributed by atoms with Crippen LogP contribution in [-0.4, -0.2) is 71.7 Å². The van der Waals surface area contributed by atoms with Gasteiger partial charge in [0.05, 0.1) is 36.3 Å². The molecule has 0 spiro atoms. The van der Waals surface area contributed by atoms with Crippen molar-refractivity contribution >= 4 is 35.0 Å². The number of amides is 4. The molecular formula is C24H24N4O4. The number of benzene rings is 2. The molecule has 2 atom stereocenters. The van der Waals surface area contributed by atoms with Gasteiger partial charge in [0.1, 0.15) is 0 Å². The monoisotopic (exact) mass is 432 g/mol. The lowest BCUT2D eigenvalue weighted by molar-refractivity contribution is -0.126. The van der Waals surface area contributed by atoms with Crippen molar-refractivity contribution in [2.45, 2.75) is 24.9 Å². The molecule has 164 valence electrons. The fourth-order valence-corrected chi connectivity index (χ4v) is 4.86. The van der Waals surface area contributed by atoms with Gasteiger partial charge in [-0.15, -0.1) is 0 Å². The van der Waals surface area contributed by atoms with Gasteiger partial charge in [0.25, 0.3) is 11.8 Å². The smallest absolute Gasteiger partial charge is 0.251 e. The van der Waals surface area contributed by atoms with Gasteiger partial charge >= 0.3 is 0 Å². The standard InChI is InChI=1S/C24H24N4O4/c29-21-15-19(23(31)27(21)17-7-3-1-4-8-17)25-11-13-26(14-12-25)20-16-22(30)28(24(20)32)18-9-5-2-6-10-18/h1-10,19-20H,11-16H2. The van der Waals surface area contributed by atoms with Crippen molar-refractivity contribution in [3.63, 3.8) is 0 Å². The first-order valence-corrected chi connectivity index (χ1v) is 10.9. The van der Waals surface area contributed by atoms with Crippen LogP contribution in [0.5, 0.6) is 0 Å². The molecular weight excluding hydrogens is 408 g/mol. The summed E-state index contributed by atoms with van der Waals surface area (Å²) in [6, 6.07) is 17.0. The van der Waals surface area contributed by atoms with Crippen molar-refractivity contribution in [1.82, 2.24) is 9.80 Å². The molecule has 0 bridgehead atoms. The fraction of sp³-hybridized carbons (Fsp3) is 0.333. The highest BCUT2D eigenvalue weighted by molar-refractivity contribution is 6.23. The van der Waals surface area contributed by atoms with Crippen molar-refractivity contribution < 1.29 is 19.2 Å². The highest BCUT2D eigenvalue weighted by Gasteiger charge is 2.46. The maximum Gasteiger partial charge on any atom is 0.251 e. The van der Waals surface area contributed by atoms with Gasteiger partial charge in [0.15, 0.2) is 0 Å². The van der Waals surface area contributed by atoms with Gasteiger partial charge in [-0.3, -0.25) is 29.0 Å². The number of rotatable bonds is 4. The lowest BCUT2D eigenvalue weighted by atomic mass is 10.1. The van der Waals surface area contributed by atoms with Gasteiger partial charge in [0, 0.05) is 26.2 Å². The second kappa shape index (κ2) is 8.29. The molecule has 3 aliphatic rings. The number of hydrogen-bond acceptors (Lipinski definition) is 6. The van der Waals surface area contributed by atoms with Crippen LogP contribution in [-0.2, 0) is 19.2 Å². The zero-order chi connectivity index (χ0) is 22.2. The zero-order valence-corrected chi connectivity index (χ0v) is 17.6. The molecule has 8 nitrogen and oxygen atoms in total. The SMILES string of the molecule is O=C1CC(N2CCN(C3CC(=O)N(c4ccccc4)C3=O)CC2)C(=O)N1c1ccccc1. The highest BCUT2D eigenvalue weighted by Crippen LogP contribution is 2.29. The van der Waals surface area contributed by atoms with Crippen molar-refractivity contribution in [2.24, 2.45) is 0 Å².